The molecule has 0 radical (unpaired) electrons. The van der Waals surface area contributed by atoms with Gasteiger partial charge in [0.05, 0.1) is 0 Å². The summed E-state index contributed by atoms with van der Waals surface area (Å²) < 4.78 is 22.3. The largest absolute Gasteiger partial charge is 0.511 e. The van der Waals surface area contributed by atoms with Gasteiger partial charge in [-0.25, -0.2) is 9.59 Å². The van der Waals surface area contributed by atoms with Crippen LogP contribution >= 0.6 is 11.6 Å². The summed E-state index contributed by atoms with van der Waals surface area (Å²) in [5.41, 5.74) is -0.165. The van der Waals surface area contributed by atoms with E-state index in [4.69, 9.17) is 30.5 Å². The number of benzene rings is 2. The van der Waals surface area contributed by atoms with E-state index in [9.17, 15) is 14.4 Å². The van der Waals surface area contributed by atoms with Crippen LogP contribution in [-0.2, 0) is 25.4 Å². The molecule has 2 aromatic rings. The lowest BCUT2D eigenvalue weighted by atomic mass is 9.89. The second-order valence-electron chi connectivity index (χ2n) is 11.7. The molecule has 2 unspecified atom stereocenters. The molecule has 2 aromatic carbocycles. The number of nitrogens with one attached hydrogen (secondary N) is 2. The number of carbonyl (C=O) groups excluding carboxylic acids is 3. The highest BCUT2D eigenvalue weighted by molar-refractivity contribution is 6.30. The summed E-state index contributed by atoms with van der Waals surface area (Å²) in [6.45, 7) is 13.4. The Morgan fingerprint density at radius 2 is 1.49 bits per heavy atom. The highest BCUT2D eigenvalue weighted by atomic mass is 35.5. The summed E-state index contributed by atoms with van der Waals surface area (Å²) in [5, 5.41) is 6.45. The smallest absolute Gasteiger partial charge is 0.476 e. The number of hydrogen-bond acceptors (Lipinski definition) is 8. The van der Waals surface area contributed by atoms with Crippen molar-refractivity contribution in [3.8, 4) is 5.75 Å². The average molecular weight is 591 g/mol. The van der Waals surface area contributed by atoms with Crippen LogP contribution in [0.2, 0.25) is 5.02 Å². The third-order valence-electron chi connectivity index (χ3n) is 6.17. The van der Waals surface area contributed by atoms with Gasteiger partial charge in [0.1, 0.15) is 11.9 Å². The summed E-state index contributed by atoms with van der Waals surface area (Å²) in [7, 11) is 1.77. The van der Waals surface area contributed by atoms with Crippen LogP contribution in [0, 0.1) is 11.3 Å². The summed E-state index contributed by atoms with van der Waals surface area (Å²) >= 11 is 5.87. The van der Waals surface area contributed by atoms with Crippen molar-refractivity contribution in [2.45, 2.75) is 72.9 Å². The van der Waals surface area contributed by atoms with E-state index in [1.165, 1.54) is 0 Å². The first-order chi connectivity index (χ1) is 19.1. The van der Waals surface area contributed by atoms with E-state index in [-0.39, 0.29) is 17.2 Å². The summed E-state index contributed by atoms with van der Waals surface area (Å²) in [6.07, 6.45) is -1.89. The molecule has 2 N–H and O–H groups in total. The van der Waals surface area contributed by atoms with Gasteiger partial charge in [0.2, 0.25) is 0 Å². The fourth-order valence-electron chi connectivity index (χ4n) is 3.58. The number of halogens is 1. The van der Waals surface area contributed by atoms with Gasteiger partial charge in [-0.15, -0.1) is 0 Å². The molecule has 0 aliphatic rings. The maximum Gasteiger partial charge on any atom is 0.511 e. The number of hydrogen-bond donors (Lipinski definition) is 2. The number of likely N-dealkylation sites (N-methyl/N-ethyl adjacent to an activating group) is 1. The van der Waals surface area contributed by atoms with Gasteiger partial charge in [-0.1, -0.05) is 58.4 Å². The number of rotatable bonds is 13. The standard InChI is InChI=1S/C31H43ClN2O7/c1-20(2)27(40-29(37)38-25(19-33-8)30(3,4)5)39-28(36)31(6,7)41-24-15-9-21(10-16-24)17-18-34-26(35)22-11-13-23(32)14-12-22/h9-16,20,25,27,33H,17-19H2,1-8H3,(H,34,35). The molecule has 0 aliphatic carbocycles. The van der Waals surface area contributed by atoms with Crippen molar-refractivity contribution < 1.29 is 33.3 Å². The molecule has 0 saturated carbocycles. The molecule has 0 fully saturated rings. The molecule has 0 spiro atoms. The second kappa shape index (κ2) is 15.1. The first-order valence-corrected chi connectivity index (χ1v) is 14.0. The van der Waals surface area contributed by atoms with Crippen molar-refractivity contribution >= 4 is 29.6 Å². The van der Waals surface area contributed by atoms with E-state index >= 15 is 0 Å². The zero-order valence-corrected chi connectivity index (χ0v) is 26.0. The lowest BCUT2D eigenvalue weighted by Gasteiger charge is -2.31. The van der Waals surface area contributed by atoms with Gasteiger partial charge in [-0.3, -0.25) is 4.79 Å². The number of ether oxygens (including phenoxy) is 4. The first-order valence-electron chi connectivity index (χ1n) is 13.7. The summed E-state index contributed by atoms with van der Waals surface area (Å²) in [6, 6.07) is 13.9. The zero-order chi connectivity index (χ0) is 30.8. The minimum atomic E-state index is -1.37. The van der Waals surface area contributed by atoms with Gasteiger partial charge in [0.25, 0.3) is 12.2 Å². The Hall–Kier alpha value is -3.30. The molecule has 0 heterocycles. The highest BCUT2D eigenvalue weighted by Crippen LogP contribution is 2.25. The quantitative estimate of drug-likeness (QED) is 0.223. The van der Waals surface area contributed by atoms with Crippen LogP contribution in [0.25, 0.3) is 0 Å². The number of amides is 1. The summed E-state index contributed by atoms with van der Waals surface area (Å²) in [5.74, 6) is -0.729. The van der Waals surface area contributed by atoms with E-state index in [2.05, 4.69) is 10.6 Å². The van der Waals surface area contributed by atoms with Gasteiger partial charge in [0.15, 0.2) is 5.60 Å². The molecule has 41 heavy (non-hydrogen) atoms. The fourth-order valence-corrected chi connectivity index (χ4v) is 3.70. The van der Waals surface area contributed by atoms with Crippen LogP contribution in [-0.4, -0.2) is 56.2 Å². The van der Waals surface area contributed by atoms with Gasteiger partial charge in [-0.05, 0) is 69.3 Å². The Balaban J connectivity index is 1.91. The third kappa shape index (κ3) is 11.2. The minimum absolute atomic E-state index is 0.175. The molecule has 0 aromatic heterocycles. The Morgan fingerprint density at radius 1 is 0.878 bits per heavy atom. The summed E-state index contributed by atoms with van der Waals surface area (Å²) in [4.78, 5) is 37.8. The Bertz CT molecular complexity index is 1140. The van der Waals surface area contributed by atoms with Crippen LogP contribution in [0.4, 0.5) is 4.79 Å². The molecule has 2 rings (SSSR count). The molecular formula is C31H43ClN2O7. The van der Waals surface area contributed by atoms with Crippen molar-refractivity contribution in [3.63, 3.8) is 0 Å². The maximum absolute atomic E-state index is 13.0. The van der Waals surface area contributed by atoms with Crippen LogP contribution < -0.4 is 15.4 Å². The van der Waals surface area contributed by atoms with Crippen molar-refractivity contribution in [2.75, 3.05) is 20.1 Å². The normalized spacial score (nSPS) is 13.2. The predicted molar refractivity (Wildman–Crippen MR) is 158 cm³/mol. The second-order valence-corrected chi connectivity index (χ2v) is 12.1. The van der Waals surface area contributed by atoms with Gasteiger partial charge < -0.3 is 29.6 Å². The van der Waals surface area contributed by atoms with E-state index in [1.807, 2.05) is 32.9 Å². The van der Waals surface area contributed by atoms with Crippen molar-refractivity contribution in [1.82, 2.24) is 10.6 Å². The van der Waals surface area contributed by atoms with Crippen LogP contribution in [0.5, 0.6) is 5.75 Å². The molecule has 2 atom stereocenters. The van der Waals surface area contributed by atoms with E-state index in [0.29, 0.717) is 35.8 Å². The third-order valence-corrected chi connectivity index (χ3v) is 6.42. The van der Waals surface area contributed by atoms with E-state index < -0.39 is 30.1 Å². The topological polar surface area (TPSA) is 112 Å². The number of esters is 1. The molecule has 9 nitrogen and oxygen atoms in total. The Kier molecular flexibility index (Phi) is 12.5. The molecule has 1 amide bonds. The maximum atomic E-state index is 13.0. The zero-order valence-electron chi connectivity index (χ0n) is 25.2. The van der Waals surface area contributed by atoms with Gasteiger partial charge in [-0.2, -0.15) is 0 Å². The predicted octanol–water partition coefficient (Wildman–Crippen LogP) is 5.78. The molecule has 0 aliphatic heterocycles. The molecular weight excluding hydrogens is 548 g/mol. The minimum Gasteiger partial charge on any atom is -0.476 e. The number of carbonyl (C=O) groups is 3. The molecule has 226 valence electrons. The molecule has 10 heteroatoms. The Labute approximate surface area is 248 Å². The molecule has 0 bridgehead atoms. The van der Waals surface area contributed by atoms with E-state index in [1.54, 1.807) is 71.1 Å². The van der Waals surface area contributed by atoms with Crippen molar-refractivity contribution in [2.24, 2.45) is 11.3 Å². The van der Waals surface area contributed by atoms with Crippen molar-refractivity contribution in [1.29, 1.82) is 0 Å². The lowest BCUT2D eigenvalue weighted by molar-refractivity contribution is -0.195. The Morgan fingerprint density at radius 3 is 2.02 bits per heavy atom. The van der Waals surface area contributed by atoms with Crippen LogP contribution in [0.1, 0.15) is 64.4 Å². The van der Waals surface area contributed by atoms with E-state index in [0.717, 1.165) is 5.56 Å². The fraction of sp³-hybridized carbons (Fsp3) is 0.516. The van der Waals surface area contributed by atoms with Gasteiger partial charge in [0, 0.05) is 35.0 Å². The van der Waals surface area contributed by atoms with Crippen molar-refractivity contribution in [3.05, 3.63) is 64.7 Å². The first kappa shape index (κ1) is 33.9. The average Bonchev–Trinajstić information content (AvgIpc) is 2.88. The van der Waals surface area contributed by atoms with Crippen LogP contribution in [0.15, 0.2) is 48.5 Å². The lowest BCUT2D eigenvalue weighted by Crippen LogP contribution is -2.44. The van der Waals surface area contributed by atoms with Crippen LogP contribution in [0.3, 0.4) is 0 Å². The van der Waals surface area contributed by atoms with Gasteiger partial charge >= 0.3 is 12.1 Å². The highest BCUT2D eigenvalue weighted by Gasteiger charge is 2.37. The SMILES string of the molecule is CNCC(OC(=O)OC(OC(=O)C(C)(C)Oc1ccc(CCNC(=O)c2ccc(Cl)cc2)cc1)C(C)C)C(C)(C)C. The molecule has 0 saturated heterocycles. The monoisotopic (exact) mass is 590 g/mol.